The molecule has 3 rings (SSSR count). The lowest BCUT2D eigenvalue weighted by atomic mass is 10.2. The van der Waals surface area contributed by atoms with Crippen LogP contribution in [-0.4, -0.2) is 17.1 Å². The van der Waals surface area contributed by atoms with E-state index in [4.69, 9.17) is 0 Å². The zero-order valence-corrected chi connectivity index (χ0v) is 13.5. The molecule has 0 atom stereocenters. The van der Waals surface area contributed by atoms with E-state index in [1.807, 2.05) is 55.6 Å². The van der Waals surface area contributed by atoms with Gasteiger partial charge in [-0.2, -0.15) is 0 Å². The van der Waals surface area contributed by atoms with Crippen LogP contribution in [0.3, 0.4) is 0 Å². The molecule has 1 amide bonds. The number of fused-ring (bicyclic) bond motifs is 1. The van der Waals surface area contributed by atoms with Gasteiger partial charge in [-0.3, -0.25) is 4.79 Å². The highest BCUT2D eigenvalue weighted by molar-refractivity contribution is 7.98. The molecular formula is C18H18N2OS. The van der Waals surface area contributed by atoms with Crippen molar-refractivity contribution in [3.05, 3.63) is 59.8 Å². The normalized spacial score (nSPS) is 10.8. The molecule has 0 aliphatic rings. The number of aryl methyl sites for hydroxylation is 1. The number of nitrogens with one attached hydrogen (secondary N) is 2. The predicted molar refractivity (Wildman–Crippen MR) is 93.6 cm³/mol. The largest absolute Gasteiger partial charge is 0.357 e. The van der Waals surface area contributed by atoms with Crippen molar-refractivity contribution in [3.8, 4) is 0 Å². The SMILES string of the molecule is CSc1c(CC(=O)Nc2ccc(C)cc2)[nH]c2ccccc12. The lowest BCUT2D eigenvalue weighted by Crippen LogP contribution is -2.14. The van der Waals surface area contributed by atoms with Crippen molar-refractivity contribution >= 4 is 34.3 Å². The third-order valence-corrected chi connectivity index (χ3v) is 4.48. The van der Waals surface area contributed by atoms with Gasteiger partial charge in [0.25, 0.3) is 0 Å². The summed E-state index contributed by atoms with van der Waals surface area (Å²) in [7, 11) is 0. The Morgan fingerprint density at radius 3 is 2.59 bits per heavy atom. The molecule has 0 aliphatic carbocycles. The van der Waals surface area contributed by atoms with Gasteiger partial charge in [-0.15, -0.1) is 11.8 Å². The highest BCUT2D eigenvalue weighted by atomic mass is 32.2. The summed E-state index contributed by atoms with van der Waals surface area (Å²) in [5.74, 6) is -0.00860. The molecule has 3 aromatic rings. The minimum Gasteiger partial charge on any atom is -0.357 e. The van der Waals surface area contributed by atoms with Gasteiger partial charge in [0, 0.05) is 27.2 Å². The average Bonchev–Trinajstić information content (AvgIpc) is 2.86. The molecule has 0 fully saturated rings. The lowest BCUT2D eigenvalue weighted by molar-refractivity contribution is -0.115. The third kappa shape index (κ3) is 3.02. The Morgan fingerprint density at radius 1 is 1.14 bits per heavy atom. The van der Waals surface area contributed by atoms with Crippen LogP contribution in [-0.2, 0) is 11.2 Å². The van der Waals surface area contributed by atoms with Crippen molar-refractivity contribution in [3.63, 3.8) is 0 Å². The lowest BCUT2D eigenvalue weighted by Gasteiger charge is -2.06. The van der Waals surface area contributed by atoms with Gasteiger partial charge in [0.2, 0.25) is 5.91 Å². The number of anilines is 1. The van der Waals surface area contributed by atoms with E-state index in [-0.39, 0.29) is 5.91 Å². The molecule has 2 aromatic carbocycles. The first-order valence-electron chi connectivity index (χ1n) is 7.17. The van der Waals surface area contributed by atoms with E-state index in [9.17, 15) is 4.79 Å². The van der Waals surface area contributed by atoms with Gasteiger partial charge in [-0.1, -0.05) is 35.9 Å². The second-order valence-corrected chi connectivity index (χ2v) is 6.09. The Morgan fingerprint density at radius 2 is 1.86 bits per heavy atom. The fraction of sp³-hybridized carbons (Fsp3) is 0.167. The van der Waals surface area contributed by atoms with Crippen LogP contribution in [0.1, 0.15) is 11.3 Å². The summed E-state index contributed by atoms with van der Waals surface area (Å²) in [5, 5.41) is 4.12. The summed E-state index contributed by atoms with van der Waals surface area (Å²) in [6.07, 6.45) is 2.38. The van der Waals surface area contributed by atoms with Crippen molar-refractivity contribution < 1.29 is 4.79 Å². The Kier molecular flexibility index (Phi) is 4.20. The summed E-state index contributed by atoms with van der Waals surface area (Å²) in [5.41, 5.74) is 4.05. The van der Waals surface area contributed by atoms with Gasteiger partial charge in [-0.25, -0.2) is 0 Å². The number of para-hydroxylation sites is 1. The quantitative estimate of drug-likeness (QED) is 0.702. The number of aromatic amines is 1. The number of carbonyl (C=O) groups is 1. The smallest absolute Gasteiger partial charge is 0.230 e. The summed E-state index contributed by atoms with van der Waals surface area (Å²) >= 11 is 1.67. The van der Waals surface area contributed by atoms with Crippen LogP contribution in [0.4, 0.5) is 5.69 Å². The van der Waals surface area contributed by atoms with Crippen LogP contribution >= 0.6 is 11.8 Å². The number of carbonyl (C=O) groups excluding carboxylic acids is 1. The van der Waals surface area contributed by atoms with Crippen LogP contribution < -0.4 is 5.32 Å². The second-order valence-electron chi connectivity index (χ2n) is 5.27. The molecule has 1 heterocycles. The molecule has 1 aromatic heterocycles. The maximum absolute atomic E-state index is 12.3. The summed E-state index contributed by atoms with van der Waals surface area (Å²) in [4.78, 5) is 16.8. The Bertz CT molecular complexity index is 806. The molecule has 0 saturated heterocycles. The molecule has 0 aliphatic heterocycles. The van der Waals surface area contributed by atoms with E-state index in [0.717, 1.165) is 21.8 Å². The van der Waals surface area contributed by atoms with Crippen molar-refractivity contribution in [2.24, 2.45) is 0 Å². The van der Waals surface area contributed by atoms with Crippen LogP contribution in [0, 0.1) is 6.92 Å². The second kappa shape index (κ2) is 6.28. The van der Waals surface area contributed by atoms with E-state index in [0.29, 0.717) is 6.42 Å². The third-order valence-electron chi connectivity index (χ3n) is 3.61. The van der Waals surface area contributed by atoms with Gasteiger partial charge >= 0.3 is 0 Å². The number of hydrogen-bond donors (Lipinski definition) is 2. The van der Waals surface area contributed by atoms with E-state index in [2.05, 4.69) is 16.4 Å². The molecule has 4 heteroatoms. The first-order valence-corrected chi connectivity index (χ1v) is 8.40. The predicted octanol–water partition coefficient (Wildman–Crippen LogP) is 4.38. The molecule has 0 radical (unpaired) electrons. The standard InChI is InChI=1S/C18H18N2OS/c1-12-7-9-13(10-8-12)19-17(21)11-16-18(22-2)14-5-3-4-6-15(14)20-16/h3-10,20H,11H2,1-2H3,(H,19,21). The van der Waals surface area contributed by atoms with Gasteiger partial charge in [0.05, 0.1) is 6.42 Å². The van der Waals surface area contributed by atoms with Gasteiger partial charge in [0.1, 0.15) is 0 Å². The van der Waals surface area contributed by atoms with Crippen LogP contribution in [0.25, 0.3) is 10.9 Å². The number of amides is 1. The first kappa shape index (κ1) is 14.7. The topological polar surface area (TPSA) is 44.9 Å². The summed E-state index contributed by atoms with van der Waals surface area (Å²) in [6.45, 7) is 2.03. The highest BCUT2D eigenvalue weighted by Gasteiger charge is 2.13. The van der Waals surface area contributed by atoms with Crippen molar-refractivity contribution in [1.29, 1.82) is 0 Å². The molecule has 0 saturated carbocycles. The molecule has 112 valence electrons. The Labute approximate surface area is 134 Å². The molecule has 0 bridgehead atoms. The number of hydrogen-bond acceptors (Lipinski definition) is 2. The van der Waals surface area contributed by atoms with Gasteiger partial charge in [0.15, 0.2) is 0 Å². The number of rotatable bonds is 4. The zero-order chi connectivity index (χ0) is 15.5. The molecule has 0 spiro atoms. The maximum atomic E-state index is 12.3. The van der Waals surface area contributed by atoms with E-state index >= 15 is 0 Å². The monoisotopic (exact) mass is 310 g/mol. The van der Waals surface area contributed by atoms with Crippen LogP contribution in [0.2, 0.25) is 0 Å². The minimum atomic E-state index is -0.00860. The fourth-order valence-electron chi connectivity index (χ4n) is 2.53. The Balaban J connectivity index is 1.80. The van der Waals surface area contributed by atoms with Crippen molar-refractivity contribution in [2.45, 2.75) is 18.2 Å². The fourth-order valence-corrected chi connectivity index (χ4v) is 3.30. The maximum Gasteiger partial charge on any atom is 0.230 e. The van der Waals surface area contributed by atoms with Crippen LogP contribution in [0.5, 0.6) is 0 Å². The molecule has 3 nitrogen and oxygen atoms in total. The van der Waals surface area contributed by atoms with Crippen LogP contribution in [0.15, 0.2) is 53.4 Å². The van der Waals surface area contributed by atoms with E-state index < -0.39 is 0 Å². The number of H-pyrrole nitrogens is 1. The summed E-state index contributed by atoms with van der Waals surface area (Å²) < 4.78 is 0. The average molecular weight is 310 g/mol. The zero-order valence-electron chi connectivity index (χ0n) is 12.6. The van der Waals surface area contributed by atoms with E-state index in [1.165, 1.54) is 10.9 Å². The summed E-state index contributed by atoms with van der Waals surface area (Å²) in [6, 6.07) is 16.0. The van der Waals surface area contributed by atoms with Gasteiger partial charge in [-0.05, 0) is 31.4 Å². The van der Waals surface area contributed by atoms with E-state index in [1.54, 1.807) is 11.8 Å². The number of thioether (sulfide) groups is 1. The highest BCUT2D eigenvalue weighted by Crippen LogP contribution is 2.30. The van der Waals surface area contributed by atoms with Gasteiger partial charge < -0.3 is 10.3 Å². The molecule has 0 unspecified atom stereocenters. The number of benzene rings is 2. The van der Waals surface area contributed by atoms with Crippen molar-refractivity contribution in [1.82, 2.24) is 4.98 Å². The minimum absolute atomic E-state index is 0.00860. The molecule has 22 heavy (non-hydrogen) atoms. The Hall–Kier alpha value is -2.20. The molecule has 2 N–H and O–H groups in total. The number of aromatic nitrogens is 1. The van der Waals surface area contributed by atoms with Crippen molar-refractivity contribution in [2.75, 3.05) is 11.6 Å². The molecular weight excluding hydrogens is 292 g/mol. The first-order chi connectivity index (χ1) is 10.7.